The summed E-state index contributed by atoms with van der Waals surface area (Å²) in [7, 11) is 1.56. The number of carbonyl (C=O) groups is 1. The van der Waals surface area contributed by atoms with E-state index in [-0.39, 0.29) is 5.91 Å². The lowest BCUT2D eigenvalue weighted by molar-refractivity contribution is 0.102. The number of nitrogen functional groups attached to an aromatic ring is 1. The SMILES string of the molecule is CCCN(CC)c1ccc(C(=O)Nc2ccc(OC)c(N)c2)cc1. The largest absolute Gasteiger partial charge is 0.495 e. The van der Waals surface area contributed by atoms with Crippen molar-refractivity contribution in [1.29, 1.82) is 0 Å². The van der Waals surface area contributed by atoms with Gasteiger partial charge in [0.2, 0.25) is 0 Å². The van der Waals surface area contributed by atoms with Gasteiger partial charge in [0.15, 0.2) is 0 Å². The quantitative estimate of drug-likeness (QED) is 0.760. The lowest BCUT2D eigenvalue weighted by atomic mass is 10.1. The molecule has 2 aromatic carbocycles. The third-order valence-corrected chi connectivity index (χ3v) is 3.86. The summed E-state index contributed by atoms with van der Waals surface area (Å²) < 4.78 is 5.11. The number of nitrogens with two attached hydrogens (primary N) is 1. The van der Waals surface area contributed by atoms with Crippen LogP contribution in [0.3, 0.4) is 0 Å². The molecule has 5 nitrogen and oxygen atoms in total. The van der Waals surface area contributed by atoms with Crippen molar-refractivity contribution in [2.24, 2.45) is 0 Å². The second-order valence-electron chi connectivity index (χ2n) is 5.54. The molecule has 0 aliphatic heterocycles. The van der Waals surface area contributed by atoms with Gasteiger partial charge in [-0.15, -0.1) is 0 Å². The Kier molecular flexibility index (Phi) is 6.07. The minimum absolute atomic E-state index is 0.162. The fourth-order valence-corrected chi connectivity index (χ4v) is 2.58. The lowest BCUT2D eigenvalue weighted by Gasteiger charge is -2.22. The van der Waals surface area contributed by atoms with E-state index < -0.39 is 0 Å². The normalized spacial score (nSPS) is 10.3. The van der Waals surface area contributed by atoms with Gasteiger partial charge < -0.3 is 20.7 Å². The van der Waals surface area contributed by atoms with Crippen LogP contribution in [0.4, 0.5) is 17.1 Å². The average Bonchev–Trinajstić information content (AvgIpc) is 2.60. The first-order valence-corrected chi connectivity index (χ1v) is 8.18. The molecule has 2 aromatic rings. The molecular weight excluding hydrogens is 302 g/mol. The Bertz CT molecular complexity index is 684. The van der Waals surface area contributed by atoms with Crippen LogP contribution in [0.15, 0.2) is 42.5 Å². The third kappa shape index (κ3) is 4.19. The second kappa shape index (κ2) is 8.24. The van der Waals surface area contributed by atoms with Crippen LogP contribution in [0.2, 0.25) is 0 Å². The van der Waals surface area contributed by atoms with E-state index in [4.69, 9.17) is 10.5 Å². The van der Waals surface area contributed by atoms with Gasteiger partial charge in [-0.05, 0) is 55.8 Å². The second-order valence-corrected chi connectivity index (χ2v) is 5.54. The maximum absolute atomic E-state index is 12.4. The van der Waals surface area contributed by atoms with Gasteiger partial charge in [0.1, 0.15) is 5.75 Å². The minimum Gasteiger partial charge on any atom is -0.495 e. The Balaban J connectivity index is 2.08. The van der Waals surface area contributed by atoms with Crippen LogP contribution in [0, 0.1) is 0 Å². The van der Waals surface area contributed by atoms with Crippen LogP contribution < -0.4 is 20.7 Å². The molecule has 0 aliphatic rings. The van der Waals surface area contributed by atoms with E-state index >= 15 is 0 Å². The van der Waals surface area contributed by atoms with Crippen LogP contribution >= 0.6 is 0 Å². The first-order valence-electron chi connectivity index (χ1n) is 8.18. The summed E-state index contributed by atoms with van der Waals surface area (Å²) in [6.45, 7) is 6.24. The van der Waals surface area contributed by atoms with Gasteiger partial charge >= 0.3 is 0 Å². The standard InChI is InChI=1S/C19H25N3O2/c1-4-12-22(5-2)16-9-6-14(7-10-16)19(23)21-15-8-11-18(24-3)17(20)13-15/h6-11,13H,4-5,12,20H2,1-3H3,(H,21,23). The number of anilines is 3. The fourth-order valence-electron chi connectivity index (χ4n) is 2.58. The number of methoxy groups -OCH3 is 1. The molecule has 0 atom stereocenters. The van der Waals surface area contributed by atoms with E-state index in [1.54, 1.807) is 25.3 Å². The Morgan fingerprint density at radius 3 is 2.42 bits per heavy atom. The van der Waals surface area contributed by atoms with E-state index in [0.717, 1.165) is 25.2 Å². The predicted molar refractivity (Wildman–Crippen MR) is 100.0 cm³/mol. The van der Waals surface area contributed by atoms with Gasteiger partial charge in [0, 0.05) is 30.0 Å². The highest BCUT2D eigenvalue weighted by atomic mass is 16.5. The number of amides is 1. The molecule has 0 heterocycles. The van der Waals surface area contributed by atoms with Crippen molar-refractivity contribution in [3.63, 3.8) is 0 Å². The minimum atomic E-state index is -0.162. The van der Waals surface area contributed by atoms with Crippen LogP contribution in [-0.2, 0) is 0 Å². The summed E-state index contributed by atoms with van der Waals surface area (Å²) in [5, 5.41) is 2.85. The number of benzene rings is 2. The first-order chi connectivity index (χ1) is 11.6. The number of nitrogens with one attached hydrogen (secondary N) is 1. The average molecular weight is 327 g/mol. The van der Waals surface area contributed by atoms with E-state index in [9.17, 15) is 4.79 Å². The van der Waals surface area contributed by atoms with Gasteiger partial charge in [-0.25, -0.2) is 0 Å². The summed E-state index contributed by atoms with van der Waals surface area (Å²) in [5.74, 6) is 0.428. The summed E-state index contributed by atoms with van der Waals surface area (Å²) in [4.78, 5) is 14.6. The van der Waals surface area contributed by atoms with E-state index in [1.165, 1.54) is 0 Å². The highest BCUT2D eigenvalue weighted by Crippen LogP contribution is 2.25. The molecule has 0 saturated carbocycles. The highest BCUT2D eigenvalue weighted by Gasteiger charge is 2.09. The van der Waals surface area contributed by atoms with Gasteiger partial charge in [0.25, 0.3) is 5.91 Å². The van der Waals surface area contributed by atoms with Crippen molar-refractivity contribution in [2.75, 3.05) is 36.1 Å². The maximum Gasteiger partial charge on any atom is 0.255 e. The Hall–Kier alpha value is -2.69. The number of carbonyl (C=O) groups excluding carboxylic acids is 1. The zero-order valence-corrected chi connectivity index (χ0v) is 14.5. The Morgan fingerprint density at radius 1 is 1.17 bits per heavy atom. The number of ether oxygens (including phenoxy) is 1. The zero-order valence-electron chi connectivity index (χ0n) is 14.5. The van der Waals surface area contributed by atoms with Crippen LogP contribution in [-0.4, -0.2) is 26.1 Å². The maximum atomic E-state index is 12.4. The Labute approximate surface area is 143 Å². The zero-order chi connectivity index (χ0) is 17.5. The van der Waals surface area contributed by atoms with E-state index in [2.05, 4.69) is 24.1 Å². The van der Waals surface area contributed by atoms with Crippen molar-refractivity contribution in [3.8, 4) is 5.75 Å². The number of hydrogen-bond donors (Lipinski definition) is 2. The fraction of sp³-hybridized carbons (Fsp3) is 0.316. The molecule has 0 radical (unpaired) electrons. The molecule has 24 heavy (non-hydrogen) atoms. The molecule has 0 saturated heterocycles. The van der Waals surface area contributed by atoms with E-state index in [1.807, 2.05) is 24.3 Å². The summed E-state index contributed by atoms with van der Waals surface area (Å²) in [6, 6.07) is 12.8. The molecule has 0 spiro atoms. The lowest BCUT2D eigenvalue weighted by Crippen LogP contribution is -2.23. The third-order valence-electron chi connectivity index (χ3n) is 3.86. The number of nitrogens with zero attached hydrogens (tertiary/aromatic N) is 1. The van der Waals surface area contributed by atoms with Crippen molar-refractivity contribution in [3.05, 3.63) is 48.0 Å². The topological polar surface area (TPSA) is 67.6 Å². The molecule has 128 valence electrons. The summed E-state index contributed by atoms with van der Waals surface area (Å²) >= 11 is 0. The summed E-state index contributed by atoms with van der Waals surface area (Å²) in [5.41, 5.74) is 8.73. The van der Waals surface area contributed by atoms with Crippen molar-refractivity contribution in [1.82, 2.24) is 0 Å². The van der Waals surface area contributed by atoms with Crippen molar-refractivity contribution >= 4 is 23.0 Å². The van der Waals surface area contributed by atoms with Gasteiger partial charge in [-0.2, -0.15) is 0 Å². The van der Waals surface area contributed by atoms with Gasteiger partial charge in [-0.3, -0.25) is 4.79 Å². The van der Waals surface area contributed by atoms with Crippen LogP contribution in [0.5, 0.6) is 5.75 Å². The number of rotatable bonds is 7. The summed E-state index contributed by atoms with van der Waals surface area (Å²) in [6.07, 6.45) is 1.09. The molecule has 5 heteroatoms. The molecule has 0 aliphatic carbocycles. The van der Waals surface area contributed by atoms with E-state index in [0.29, 0.717) is 22.7 Å². The molecule has 0 aromatic heterocycles. The first kappa shape index (κ1) is 17.7. The number of hydrogen-bond acceptors (Lipinski definition) is 4. The van der Waals surface area contributed by atoms with Gasteiger partial charge in [0.05, 0.1) is 12.8 Å². The molecule has 0 unspecified atom stereocenters. The molecule has 0 fully saturated rings. The van der Waals surface area contributed by atoms with Crippen LogP contribution in [0.25, 0.3) is 0 Å². The van der Waals surface area contributed by atoms with Crippen LogP contribution in [0.1, 0.15) is 30.6 Å². The molecular formula is C19H25N3O2. The van der Waals surface area contributed by atoms with Crippen molar-refractivity contribution in [2.45, 2.75) is 20.3 Å². The molecule has 1 amide bonds. The Morgan fingerprint density at radius 2 is 1.88 bits per heavy atom. The monoisotopic (exact) mass is 327 g/mol. The molecule has 3 N–H and O–H groups in total. The van der Waals surface area contributed by atoms with Gasteiger partial charge in [-0.1, -0.05) is 6.92 Å². The molecule has 0 bridgehead atoms. The smallest absolute Gasteiger partial charge is 0.255 e. The van der Waals surface area contributed by atoms with Crippen molar-refractivity contribution < 1.29 is 9.53 Å². The predicted octanol–water partition coefficient (Wildman–Crippen LogP) is 3.77. The highest BCUT2D eigenvalue weighted by molar-refractivity contribution is 6.04. The molecule has 2 rings (SSSR count).